The molecule has 1 aromatic carbocycles. The molecule has 166 valence electrons. The van der Waals surface area contributed by atoms with Crippen LogP contribution in [0.3, 0.4) is 0 Å². The Balaban J connectivity index is 1.38. The highest BCUT2D eigenvalue weighted by atomic mass is 35.5. The molecule has 9 nitrogen and oxygen atoms in total. The van der Waals surface area contributed by atoms with Crippen LogP contribution in [-0.2, 0) is 22.7 Å². The van der Waals surface area contributed by atoms with Gasteiger partial charge in [-0.1, -0.05) is 12.1 Å². The van der Waals surface area contributed by atoms with E-state index < -0.39 is 11.9 Å². The fraction of sp³-hybridized carbons (Fsp3) is 0.409. The summed E-state index contributed by atoms with van der Waals surface area (Å²) < 4.78 is 0. The topological polar surface area (TPSA) is 108 Å². The summed E-state index contributed by atoms with van der Waals surface area (Å²) >= 11 is 6.04. The minimum atomic E-state index is -0.611. The highest BCUT2D eigenvalue weighted by molar-refractivity contribution is 6.28. The SMILES string of the molecule is O=C1CCC(N2Cc3ccc(CN(c4ccnc(Cl)n4)C4CCNC4)cc3C2=O)C(=O)N1. The van der Waals surface area contributed by atoms with Crippen molar-refractivity contribution in [2.45, 2.75) is 44.4 Å². The number of piperidine rings is 1. The molecule has 2 saturated heterocycles. The van der Waals surface area contributed by atoms with E-state index in [1.807, 2.05) is 24.3 Å². The van der Waals surface area contributed by atoms with Crippen LogP contribution >= 0.6 is 11.6 Å². The van der Waals surface area contributed by atoms with Gasteiger partial charge < -0.3 is 15.1 Å². The summed E-state index contributed by atoms with van der Waals surface area (Å²) in [5.74, 6) is -0.113. The van der Waals surface area contributed by atoms with Crippen LogP contribution in [-0.4, -0.2) is 57.8 Å². The maximum absolute atomic E-state index is 13.1. The second kappa shape index (κ2) is 8.48. The molecule has 2 N–H and O–H groups in total. The molecule has 2 atom stereocenters. The van der Waals surface area contributed by atoms with Gasteiger partial charge in [0.15, 0.2) is 0 Å². The van der Waals surface area contributed by atoms with Crippen LogP contribution in [0, 0.1) is 0 Å². The van der Waals surface area contributed by atoms with Crippen molar-refractivity contribution in [2.75, 3.05) is 18.0 Å². The van der Waals surface area contributed by atoms with Crippen LogP contribution in [0.15, 0.2) is 30.5 Å². The van der Waals surface area contributed by atoms with Gasteiger partial charge in [0.2, 0.25) is 17.1 Å². The number of benzene rings is 1. The number of imide groups is 1. The molecule has 3 aliphatic rings. The Labute approximate surface area is 190 Å². The molecule has 3 aliphatic heterocycles. The molecule has 2 aromatic rings. The lowest BCUT2D eigenvalue weighted by Gasteiger charge is -2.30. The molecule has 2 fully saturated rings. The number of halogens is 1. The lowest BCUT2D eigenvalue weighted by atomic mass is 10.0. The zero-order valence-electron chi connectivity index (χ0n) is 17.4. The van der Waals surface area contributed by atoms with E-state index in [4.69, 9.17) is 11.6 Å². The lowest BCUT2D eigenvalue weighted by Crippen LogP contribution is -2.52. The van der Waals surface area contributed by atoms with Gasteiger partial charge in [0.1, 0.15) is 11.9 Å². The van der Waals surface area contributed by atoms with Gasteiger partial charge in [-0.05, 0) is 54.2 Å². The number of amides is 3. The molecule has 0 spiro atoms. The number of fused-ring (bicyclic) bond motifs is 1. The molecule has 2 unspecified atom stereocenters. The summed E-state index contributed by atoms with van der Waals surface area (Å²) in [6.07, 6.45) is 3.22. The van der Waals surface area contributed by atoms with E-state index in [1.165, 1.54) is 0 Å². The zero-order valence-corrected chi connectivity index (χ0v) is 18.1. The second-order valence-corrected chi connectivity index (χ2v) is 8.69. The zero-order chi connectivity index (χ0) is 22.2. The number of carbonyl (C=O) groups excluding carboxylic acids is 3. The van der Waals surface area contributed by atoms with E-state index in [0.717, 1.165) is 36.5 Å². The van der Waals surface area contributed by atoms with Crippen molar-refractivity contribution in [3.63, 3.8) is 0 Å². The number of aromatic nitrogens is 2. The van der Waals surface area contributed by atoms with Gasteiger partial charge in [-0.25, -0.2) is 9.97 Å². The fourth-order valence-electron chi connectivity index (χ4n) is 4.69. The number of anilines is 1. The van der Waals surface area contributed by atoms with Crippen molar-refractivity contribution in [2.24, 2.45) is 0 Å². The normalized spacial score (nSPS) is 22.8. The van der Waals surface area contributed by atoms with Crippen LogP contribution < -0.4 is 15.5 Å². The minimum absolute atomic E-state index is 0.171. The van der Waals surface area contributed by atoms with Crippen LogP contribution in [0.25, 0.3) is 0 Å². The van der Waals surface area contributed by atoms with Crippen molar-refractivity contribution >= 4 is 35.1 Å². The summed E-state index contributed by atoms with van der Waals surface area (Å²) in [5, 5.41) is 5.91. The van der Waals surface area contributed by atoms with E-state index in [-0.39, 0.29) is 29.6 Å². The number of nitrogens with zero attached hydrogens (tertiary/aromatic N) is 4. The lowest BCUT2D eigenvalue weighted by molar-refractivity contribution is -0.136. The molecular formula is C22H23ClN6O3. The molecular weight excluding hydrogens is 432 g/mol. The molecule has 0 bridgehead atoms. The van der Waals surface area contributed by atoms with E-state index in [2.05, 4.69) is 25.5 Å². The molecule has 0 aliphatic carbocycles. The van der Waals surface area contributed by atoms with Gasteiger partial charge in [0.25, 0.3) is 5.91 Å². The number of rotatable bonds is 5. The number of hydrogen-bond acceptors (Lipinski definition) is 7. The van der Waals surface area contributed by atoms with E-state index >= 15 is 0 Å². The molecule has 0 radical (unpaired) electrons. The predicted molar refractivity (Wildman–Crippen MR) is 117 cm³/mol. The second-order valence-electron chi connectivity index (χ2n) is 8.35. The first-order chi connectivity index (χ1) is 15.5. The van der Waals surface area contributed by atoms with E-state index in [1.54, 1.807) is 11.1 Å². The summed E-state index contributed by atoms with van der Waals surface area (Å²) in [6, 6.07) is 7.35. The molecule has 3 amide bonds. The highest BCUT2D eigenvalue weighted by Gasteiger charge is 2.39. The molecule has 10 heteroatoms. The Hall–Kier alpha value is -3.04. The Morgan fingerprint density at radius 3 is 2.81 bits per heavy atom. The minimum Gasteiger partial charge on any atom is -0.348 e. The predicted octanol–water partition coefficient (Wildman–Crippen LogP) is 1.26. The molecule has 0 saturated carbocycles. The summed E-state index contributed by atoms with van der Waals surface area (Å²) in [4.78, 5) is 49.0. The van der Waals surface area contributed by atoms with Gasteiger partial charge in [0.05, 0.1) is 0 Å². The third-order valence-corrected chi connectivity index (χ3v) is 6.51. The maximum Gasteiger partial charge on any atom is 0.255 e. The molecule has 5 rings (SSSR count). The van der Waals surface area contributed by atoms with E-state index in [0.29, 0.717) is 25.1 Å². The average Bonchev–Trinajstić information content (AvgIpc) is 3.41. The van der Waals surface area contributed by atoms with Crippen LogP contribution in [0.2, 0.25) is 5.28 Å². The van der Waals surface area contributed by atoms with Gasteiger partial charge in [-0.2, -0.15) is 0 Å². The van der Waals surface area contributed by atoms with Crippen LogP contribution in [0.5, 0.6) is 0 Å². The number of nitrogens with one attached hydrogen (secondary N) is 2. The molecule has 4 heterocycles. The smallest absolute Gasteiger partial charge is 0.255 e. The van der Waals surface area contributed by atoms with Crippen molar-refractivity contribution in [3.8, 4) is 0 Å². The molecule has 32 heavy (non-hydrogen) atoms. The Morgan fingerprint density at radius 1 is 1.19 bits per heavy atom. The van der Waals surface area contributed by atoms with Crippen LogP contribution in [0.1, 0.15) is 40.7 Å². The highest BCUT2D eigenvalue weighted by Crippen LogP contribution is 2.29. The standard InChI is InChI=1S/C22H23ClN6O3/c23-22-25-8-6-18(26-22)28(15-5-7-24-10-15)11-13-1-2-14-12-29(21(32)16(14)9-13)17-3-4-19(30)27-20(17)31/h1-2,6,8-9,15,17,24H,3-5,7,10-12H2,(H,27,30,31). The first kappa shape index (κ1) is 20.8. The van der Waals surface area contributed by atoms with Crippen molar-refractivity contribution in [1.29, 1.82) is 0 Å². The fourth-order valence-corrected chi connectivity index (χ4v) is 4.83. The average molecular weight is 455 g/mol. The van der Waals surface area contributed by atoms with Gasteiger partial charge in [0, 0.05) is 43.9 Å². The van der Waals surface area contributed by atoms with Crippen molar-refractivity contribution in [1.82, 2.24) is 25.5 Å². The van der Waals surface area contributed by atoms with Gasteiger partial charge >= 0.3 is 0 Å². The number of hydrogen-bond donors (Lipinski definition) is 2. The first-order valence-electron chi connectivity index (χ1n) is 10.7. The van der Waals surface area contributed by atoms with Gasteiger partial charge in [-0.15, -0.1) is 0 Å². The monoisotopic (exact) mass is 454 g/mol. The Bertz CT molecular complexity index is 1090. The summed E-state index contributed by atoms with van der Waals surface area (Å²) in [5.41, 5.74) is 2.48. The maximum atomic E-state index is 13.1. The van der Waals surface area contributed by atoms with Crippen molar-refractivity contribution in [3.05, 3.63) is 52.4 Å². The summed E-state index contributed by atoms with van der Waals surface area (Å²) in [6.45, 7) is 2.72. The van der Waals surface area contributed by atoms with E-state index in [9.17, 15) is 14.4 Å². The Morgan fingerprint density at radius 2 is 2.06 bits per heavy atom. The van der Waals surface area contributed by atoms with Gasteiger partial charge in [-0.3, -0.25) is 19.7 Å². The third kappa shape index (κ3) is 3.93. The molecule has 1 aromatic heterocycles. The third-order valence-electron chi connectivity index (χ3n) is 6.33. The number of carbonyl (C=O) groups is 3. The van der Waals surface area contributed by atoms with Crippen molar-refractivity contribution < 1.29 is 14.4 Å². The quantitative estimate of drug-likeness (QED) is 0.517. The first-order valence-corrected chi connectivity index (χ1v) is 11.1. The summed E-state index contributed by atoms with van der Waals surface area (Å²) in [7, 11) is 0. The largest absolute Gasteiger partial charge is 0.348 e. The Kier molecular flexibility index (Phi) is 5.52. The van der Waals surface area contributed by atoms with Crippen LogP contribution in [0.4, 0.5) is 5.82 Å².